The van der Waals surface area contributed by atoms with E-state index in [9.17, 15) is 9.59 Å². The van der Waals surface area contributed by atoms with Gasteiger partial charge >= 0.3 is 5.97 Å². The minimum absolute atomic E-state index is 0.435. The number of rotatable bonds is 3. The summed E-state index contributed by atoms with van der Waals surface area (Å²) in [5.41, 5.74) is 1.91. The van der Waals surface area contributed by atoms with Crippen molar-refractivity contribution in [2.24, 2.45) is 0 Å². The monoisotopic (exact) mass is 230 g/mol. The molecule has 0 aliphatic heterocycles. The Labute approximate surface area is 97.1 Å². The highest BCUT2D eigenvalue weighted by Crippen LogP contribution is 2.16. The molecule has 0 saturated heterocycles. The van der Waals surface area contributed by atoms with E-state index in [0.29, 0.717) is 11.2 Å². The predicted octanol–water partition coefficient (Wildman–Crippen LogP) is 1.56. The second-order valence-electron chi connectivity index (χ2n) is 3.38. The SMILES string of the molecule is COC(=O)C=Cc1cnc2[nH]cc(C=O)c2c1. The van der Waals surface area contributed by atoms with E-state index in [1.165, 1.54) is 13.2 Å². The third-order valence-electron chi connectivity index (χ3n) is 2.32. The molecule has 5 nitrogen and oxygen atoms in total. The summed E-state index contributed by atoms with van der Waals surface area (Å²) in [6.07, 6.45) is 6.84. The average Bonchev–Trinajstić information content (AvgIpc) is 2.78. The van der Waals surface area contributed by atoms with Gasteiger partial charge in [0.2, 0.25) is 0 Å². The van der Waals surface area contributed by atoms with Crippen molar-refractivity contribution in [2.75, 3.05) is 7.11 Å². The van der Waals surface area contributed by atoms with E-state index in [1.54, 1.807) is 24.5 Å². The molecule has 2 rings (SSSR count). The summed E-state index contributed by atoms with van der Waals surface area (Å²) in [5.74, 6) is -0.435. The number of methoxy groups -OCH3 is 1. The Morgan fingerprint density at radius 2 is 2.35 bits per heavy atom. The molecule has 86 valence electrons. The maximum atomic E-state index is 10.9. The Kier molecular flexibility index (Phi) is 3.00. The summed E-state index contributed by atoms with van der Waals surface area (Å²) >= 11 is 0. The molecule has 0 atom stereocenters. The number of carbonyl (C=O) groups is 2. The predicted molar refractivity (Wildman–Crippen MR) is 62.5 cm³/mol. The van der Waals surface area contributed by atoms with E-state index in [0.717, 1.165) is 17.2 Å². The fourth-order valence-electron chi connectivity index (χ4n) is 1.46. The first-order valence-electron chi connectivity index (χ1n) is 4.93. The summed E-state index contributed by atoms with van der Waals surface area (Å²) in [5, 5.41) is 0.729. The van der Waals surface area contributed by atoms with Gasteiger partial charge in [0.05, 0.1) is 7.11 Å². The van der Waals surface area contributed by atoms with Gasteiger partial charge in [0.15, 0.2) is 6.29 Å². The molecule has 0 bridgehead atoms. The van der Waals surface area contributed by atoms with Gasteiger partial charge in [0.25, 0.3) is 0 Å². The molecule has 2 aromatic heterocycles. The van der Waals surface area contributed by atoms with Crippen molar-refractivity contribution in [1.82, 2.24) is 9.97 Å². The lowest BCUT2D eigenvalue weighted by atomic mass is 10.2. The Hall–Kier alpha value is -2.43. The molecule has 2 heterocycles. The molecule has 0 aliphatic rings. The van der Waals surface area contributed by atoms with Crippen molar-refractivity contribution in [1.29, 1.82) is 0 Å². The van der Waals surface area contributed by atoms with Crippen LogP contribution in [0.3, 0.4) is 0 Å². The molecule has 5 heteroatoms. The minimum Gasteiger partial charge on any atom is -0.466 e. The quantitative estimate of drug-likeness (QED) is 0.493. The van der Waals surface area contributed by atoms with Crippen molar-refractivity contribution in [2.45, 2.75) is 0 Å². The van der Waals surface area contributed by atoms with Gasteiger partial charge in [-0.3, -0.25) is 4.79 Å². The summed E-state index contributed by atoms with van der Waals surface area (Å²) < 4.78 is 4.48. The number of H-pyrrole nitrogens is 1. The van der Waals surface area contributed by atoms with Gasteiger partial charge < -0.3 is 9.72 Å². The van der Waals surface area contributed by atoms with Crippen molar-refractivity contribution >= 4 is 29.4 Å². The first kappa shape index (κ1) is 11.1. The zero-order valence-corrected chi connectivity index (χ0v) is 9.14. The topological polar surface area (TPSA) is 72.0 Å². The van der Waals surface area contributed by atoms with E-state index in [2.05, 4.69) is 14.7 Å². The number of nitrogens with one attached hydrogen (secondary N) is 1. The molecule has 2 aromatic rings. The van der Waals surface area contributed by atoms with Gasteiger partial charge in [0, 0.05) is 29.4 Å². The number of aldehydes is 1. The van der Waals surface area contributed by atoms with Crippen LogP contribution in [0.15, 0.2) is 24.5 Å². The summed E-state index contributed by atoms with van der Waals surface area (Å²) in [7, 11) is 1.31. The number of pyridine rings is 1. The number of esters is 1. The van der Waals surface area contributed by atoms with Gasteiger partial charge in [-0.05, 0) is 17.7 Å². The molecule has 0 unspecified atom stereocenters. The molecule has 0 spiro atoms. The molecule has 1 N–H and O–H groups in total. The third-order valence-corrected chi connectivity index (χ3v) is 2.32. The highest BCUT2D eigenvalue weighted by atomic mass is 16.5. The van der Waals surface area contributed by atoms with Gasteiger partial charge in [-0.2, -0.15) is 0 Å². The molecular formula is C12H10N2O3. The van der Waals surface area contributed by atoms with Crippen LogP contribution >= 0.6 is 0 Å². The van der Waals surface area contributed by atoms with Crippen molar-refractivity contribution < 1.29 is 14.3 Å². The standard InChI is InChI=1S/C12H10N2O3/c1-17-11(16)3-2-8-4-10-9(7-15)6-14-12(10)13-5-8/h2-7H,1H3,(H,13,14). The summed E-state index contributed by atoms with van der Waals surface area (Å²) in [6.45, 7) is 0. The first-order valence-corrected chi connectivity index (χ1v) is 4.93. The van der Waals surface area contributed by atoms with Crippen LogP contribution in [0.1, 0.15) is 15.9 Å². The summed E-state index contributed by atoms with van der Waals surface area (Å²) in [6, 6.07) is 1.78. The van der Waals surface area contributed by atoms with E-state index in [-0.39, 0.29) is 0 Å². The third kappa shape index (κ3) is 2.23. The number of fused-ring (bicyclic) bond motifs is 1. The first-order chi connectivity index (χ1) is 8.24. The van der Waals surface area contributed by atoms with E-state index in [1.807, 2.05) is 0 Å². The van der Waals surface area contributed by atoms with Gasteiger partial charge in [0.1, 0.15) is 5.65 Å². The second kappa shape index (κ2) is 4.61. The fraction of sp³-hybridized carbons (Fsp3) is 0.0833. The van der Waals surface area contributed by atoms with E-state index in [4.69, 9.17) is 0 Å². The molecule has 0 aromatic carbocycles. The second-order valence-corrected chi connectivity index (χ2v) is 3.38. The minimum atomic E-state index is -0.435. The lowest BCUT2D eigenvalue weighted by Crippen LogP contribution is -1.93. The highest BCUT2D eigenvalue weighted by Gasteiger charge is 2.03. The van der Waals surface area contributed by atoms with Crippen LogP contribution in [-0.2, 0) is 9.53 Å². The van der Waals surface area contributed by atoms with Crippen LogP contribution in [-0.4, -0.2) is 29.3 Å². The Morgan fingerprint density at radius 1 is 1.53 bits per heavy atom. The van der Waals surface area contributed by atoms with E-state index >= 15 is 0 Å². The Morgan fingerprint density at radius 3 is 3.06 bits per heavy atom. The van der Waals surface area contributed by atoms with Crippen molar-refractivity contribution in [3.63, 3.8) is 0 Å². The highest BCUT2D eigenvalue weighted by molar-refractivity contribution is 5.96. The number of aromatic nitrogens is 2. The lowest BCUT2D eigenvalue weighted by molar-refractivity contribution is -0.134. The van der Waals surface area contributed by atoms with Crippen LogP contribution < -0.4 is 0 Å². The van der Waals surface area contributed by atoms with Crippen LogP contribution in [0.4, 0.5) is 0 Å². The normalized spacial score (nSPS) is 10.9. The molecule has 0 saturated carbocycles. The summed E-state index contributed by atoms with van der Waals surface area (Å²) in [4.78, 5) is 28.7. The van der Waals surface area contributed by atoms with Crippen molar-refractivity contribution in [3.05, 3.63) is 35.7 Å². The molecule has 0 fully saturated rings. The van der Waals surface area contributed by atoms with Gasteiger partial charge in [-0.1, -0.05) is 0 Å². The molecule has 17 heavy (non-hydrogen) atoms. The maximum absolute atomic E-state index is 10.9. The van der Waals surface area contributed by atoms with Crippen LogP contribution in [0.5, 0.6) is 0 Å². The Balaban J connectivity index is 2.39. The molecule has 0 radical (unpaired) electrons. The number of nitrogens with zero attached hydrogens (tertiary/aromatic N) is 1. The molecular weight excluding hydrogens is 220 g/mol. The maximum Gasteiger partial charge on any atom is 0.330 e. The number of hydrogen-bond acceptors (Lipinski definition) is 4. The van der Waals surface area contributed by atoms with Crippen molar-refractivity contribution in [3.8, 4) is 0 Å². The zero-order valence-electron chi connectivity index (χ0n) is 9.14. The van der Waals surface area contributed by atoms with Gasteiger partial charge in [-0.15, -0.1) is 0 Å². The largest absolute Gasteiger partial charge is 0.466 e. The number of aromatic amines is 1. The molecule has 0 aliphatic carbocycles. The number of hydrogen-bond donors (Lipinski definition) is 1. The van der Waals surface area contributed by atoms with Crippen LogP contribution in [0.2, 0.25) is 0 Å². The average molecular weight is 230 g/mol. The zero-order chi connectivity index (χ0) is 12.3. The van der Waals surface area contributed by atoms with Crippen LogP contribution in [0.25, 0.3) is 17.1 Å². The number of carbonyl (C=O) groups excluding carboxylic acids is 2. The lowest BCUT2D eigenvalue weighted by Gasteiger charge is -1.95. The Bertz CT molecular complexity index is 599. The number of ether oxygens (including phenoxy) is 1. The fourth-order valence-corrected chi connectivity index (χ4v) is 1.46. The van der Waals surface area contributed by atoms with Gasteiger partial charge in [-0.25, -0.2) is 9.78 Å². The van der Waals surface area contributed by atoms with E-state index < -0.39 is 5.97 Å². The smallest absolute Gasteiger partial charge is 0.330 e. The molecule has 0 amide bonds. The van der Waals surface area contributed by atoms with Crippen LogP contribution in [0, 0.1) is 0 Å².